The van der Waals surface area contributed by atoms with Crippen molar-refractivity contribution in [2.24, 2.45) is 0 Å². The van der Waals surface area contributed by atoms with E-state index in [9.17, 15) is 13.0 Å². The van der Waals surface area contributed by atoms with Gasteiger partial charge in [-0.1, -0.05) is 54.5 Å². The Hall–Kier alpha value is 1.39. The van der Waals surface area contributed by atoms with Crippen LogP contribution in [0.4, 0.5) is 0 Å². The average molecular weight is 323 g/mol. The van der Waals surface area contributed by atoms with Gasteiger partial charge in [-0.3, -0.25) is 0 Å². The van der Waals surface area contributed by atoms with E-state index < -0.39 is 10.1 Å². The van der Waals surface area contributed by atoms with E-state index in [4.69, 9.17) is 0 Å². The number of hydrogen-bond donors (Lipinski definition) is 0. The molecule has 0 spiro atoms. The van der Waals surface area contributed by atoms with Crippen molar-refractivity contribution < 1.29 is 42.5 Å². The first-order valence-corrected chi connectivity index (χ1v) is 8.25. The van der Waals surface area contributed by atoms with E-state index in [2.05, 4.69) is 15.9 Å². The van der Waals surface area contributed by atoms with Gasteiger partial charge in [-0.15, -0.1) is 0 Å². The van der Waals surface area contributed by atoms with Gasteiger partial charge in [0.1, 0.15) is 0 Å². The molecule has 0 bridgehead atoms. The molecule has 0 aliphatic rings. The van der Waals surface area contributed by atoms with Crippen molar-refractivity contribution >= 4 is 26.0 Å². The number of halogens is 1. The Balaban J connectivity index is 0. The number of rotatable bonds is 10. The summed E-state index contributed by atoms with van der Waals surface area (Å²) in [6.45, 7) is 0. The van der Waals surface area contributed by atoms with Gasteiger partial charge in [0.05, 0.1) is 10.1 Å². The molecule has 0 N–H and O–H groups in total. The SMILES string of the molecule is O=S(=O)([O-])CCCCCCCCCCBr.[Na+]. The molecule has 0 aliphatic heterocycles. The van der Waals surface area contributed by atoms with Gasteiger partial charge >= 0.3 is 29.6 Å². The largest absolute Gasteiger partial charge is 1.00 e. The second-order valence-electron chi connectivity index (χ2n) is 3.78. The maximum absolute atomic E-state index is 10.3. The van der Waals surface area contributed by atoms with Crippen molar-refractivity contribution in [3.63, 3.8) is 0 Å². The van der Waals surface area contributed by atoms with E-state index in [0.717, 1.165) is 24.6 Å². The maximum Gasteiger partial charge on any atom is 1.00 e. The van der Waals surface area contributed by atoms with Crippen LogP contribution in [0.25, 0.3) is 0 Å². The van der Waals surface area contributed by atoms with Gasteiger partial charge < -0.3 is 4.55 Å². The molecule has 0 saturated carbocycles. The van der Waals surface area contributed by atoms with Gasteiger partial charge in [0, 0.05) is 11.1 Å². The van der Waals surface area contributed by atoms with Gasteiger partial charge in [0.25, 0.3) is 0 Å². The van der Waals surface area contributed by atoms with Crippen LogP contribution in [0.3, 0.4) is 0 Å². The van der Waals surface area contributed by atoms with E-state index in [-0.39, 0.29) is 35.3 Å². The molecule has 0 aliphatic carbocycles. The predicted octanol–water partition coefficient (Wildman–Crippen LogP) is 0.0513. The summed E-state index contributed by atoms with van der Waals surface area (Å²) in [5.74, 6) is -0.198. The van der Waals surface area contributed by atoms with E-state index in [1.807, 2.05) is 0 Å². The molecular formula is C10H20BrNaO3S. The third-order valence-electron chi connectivity index (χ3n) is 2.28. The minimum absolute atomic E-state index is 0. The first-order valence-electron chi connectivity index (χ1n) is 5.56. The first-order chi connectivity index (χ1) is 7.06. The Kier molecular flexibility index (Phi) is 15.8. The van der Waals surface area contributed by atoms with Crippen molar-refractivity contribution in [3.8, 4) is 0 Å². The summed E-state index contributed by atoms with van der Waals surface area (Å²) in [5, 5.41) is 1.08. The molecule has 0 atom stereocenters. The standard InChI is InChI=1S/C10H21BrO3S.Na/c11-9-7-5-3-1-2-4-6-8-10-15(12,13)14;/h1-10H2,(H,12,13,14);/q;+1/p-1. The topological polar surface area (TPSA) is 57.2 Å². The molecule has 16 heavy (non-hydrogen) atoms. The Labute approximate surface area is 130 Å². The van der Waals surface area contributed by atoms with Crippen LogP contribution in [0, 0.1) is 0 Å². The van der Waals surface area contributed by atoms with Crippen molar-refractivity contribution in [3.05, 3.63) is 0 Å². The zero-order valence-corrected chi connectivity index (χ0v) is 14.5. The summed E-state index contributed by atoms with van der Waals surface area (Å²) >= 11 is 3.38. The molecule has 0 saturated heterocycles. The Morgan fingerprint density at radius 3 is 1.56 bits per heavy atom. The number of hydrogen-bond acceptors (Lipinski definition) is 3. The Morgan fingerprint density at radius 1 is 0.812 bits per heavy atom. The van der Waals surface area contributed by atoms with Crippen LogP contribution >= 0.6 is 15.9 Å². The molecule has 6 heteroatoms. The Bertz CT molecular complexity index is 232. The van der Waals surface area contributed by atoms with Crippen LogP contribution in [-0.2, 0) is 10.1 Å². The van der Waals surface area contributed by atoms with E-state index >= 15 is 0 Å². The molecule has 0 amide bonds. The van der Waals surface area contributed by atoms with Crippen molar-refractivity contribution in [1.29, 1.82) is 0 Å². The summed E-state index contributed by atoms with van der Waals surface area (Å²) in [6.07, 6.45) is 8.55. The second kappa shape index (κ2) is 12.8. The number of alkyl halides is 1. The second-order valence-corrected chi connectivity index (χ2v) is 6.10. The molecule has 0 unspecified atom stereocenters. The van der Waals surface area contributed by atoms with Crippen LogP contribution in [-0.4, -0.2) is 24.1 Å². The van der Waals surface area contributed by atoms with Gasteiger partial charge in [-0.05, 0) is 12.8 Å². The van der Waals surface area contributed by atoms with Gasteiger partial charge in [0.15, 0.2) is 0 Å². The van der Waals surface area contributed by atoms with E-state index in [1.54, 1.807) is 0 Å². The normalized spacial score (nSPS) is 11.1. The molecule has 0 aromatic carbocycles. The van der Waals surface area contributed by atoms with Crippen LogP contribution in [0.5, 0.6) is 0 Å². The van der Waals surface area contributed by atoms with E-state index in [0.29, 0.717) is 6.42 Å². The molecule has 0 radical (unpaired) electrons. The average Bonchev–Trinajstić information content (AvgIpc) is 2.14. The van der Waals surface area contributed by atoms with Crippen molar-refractivity contribution in [2.75, 3.05) is 11.1 Å². The molecule has 0 aromatic rings. The molecule has 0 heterocycles. The van der Waals surface area contributed by atoms with E-state index in [1.165, 1.54) is 25.7 Å². The van der Waals surface area contributed by atoms with Gasteiger partial charge in [-0.2, -0.15) is 0 Å². The zero-order valence-electron chi connectivity index (χ0n) is 10.1. The molecule has 0 fully saturated rings. The molecule has 0 rings (SSSR count). The third kappa shape index (κ3) is 17.8. The van der Waals surface area contributed by atoms with Crippen LogP contribution in [0.2, 0.25) is 0 Å². The quantitative estimate of drug-likeness (QED) is 0.247. The number of unbranched alkanes of at least 4 members (excludes halogenated alkanes) is 7. The minimum Gasteiger partial charge on any atom is -0.748 e. The van der Waals surface area contributed by atoms with Crippen LogP contribution < -0.4 is 29.6 Å². The predicted molar refractivity (Wildman–Crippen MR) is 65.3 cm³/mol. The Morgan fingerprint density at radius 2 is 1.19 bits per heavy atom. The van der Waals surface area contributed by atoms with Gasteiger partial charge in [-0.25, -0.2) is 8.42 Å². The summed E-state index contributed by atoms with van der Waals surface area (Å²) in [7, 11) is -3.98. The molecule has 0 aromatic heterocycles. The fourth-order valence-electron chi connectivity index (χ4n) is 1.43. The molecule has 3 nitrogen and oxygen atoms in total. The first kappa shape index (κ1) is 19.7. The monoisotopic (exact) mass is 322 g/mol. The van der Waals surface area contributed by atoms with Gasteiger partial charge in [0.2, 0.25) is 0 Å². The fraction of sp³-hybridized carbons (Fsp3) is 1.00. The molecular weight excluding hydrogens is 303 g/mol. The van der Waals surface area contributed by atoms with Crippen LogP contribution in [0.1, 0.15) is 51.4 Å². The summed E-state index contributed by atoms with van der Waals surface area (Å²) in [5.41, 5.74) is 0. The van der Waals surface area contributed by atoms with Crippen molar-refractivity contribution in [2.45, 2.75) is 51.4 Å². The minimum atomic E-state index is -3.98. The van der Waals surface area contributed by atoms with Crippen LogP contribution in [0.15, 0.2) is 0 Å². The summed E-state index contributed by atoms with van der Waals surface area (Å²) in [6, 6.07) is 0. The smallest absolute Gasteiger partial charge is 0.748 e. The third-order valence-corrected chi connectivity index (χ3v) is 3.63. The van der Waals surface area contributed by atoms with Crippen molar-refractivity contribution in [1.82, 2.24) is 0 Å². The molecule has 92 valence electrons. The maximum atomic E-state index is 10.3. The fourth-order valence-corrected chi connectivity index (χ4v) is 2.39. The summed E-state index contributed by atoms with van der Waals surface area (Å²) in [4.78, 5) is 0. The summed E-state index contributed by atoms with van der Waals surface area (Å²) < 4.78 is 30.8. The zero-order chi connectivity index (χ0) is 11.6.